The maximum absolute atomic E-state index is 13.7. The van der Waals surface area contributed by atoms with Gasteiger partial charge in [-0.2, -0.15) is 0 Å². The molecule has 4 amide bonds. The maximum atomic E-state index is 13.7. The number of ketones is 2. The summed E-state index contributed by atoms with van der Waals surface area (Å²) in [6.45, 7) is 3.11. The quantitative estimate of drug-likeness (QED) is 0.145. The van der Waals surface area contributed by atoms with Crippen molar-refractivity contribution in [3.63, 3.8) is 0 Å². The van der Waals surface area contributed by atoms with Gasteiger partial charge >= 0.3 is 0 Å². The van der Waals surface area contributed by atoms with E-state index in [4.69, 9.17) is 0 Å². The maximum Gasteiger partial charge on any atom is 0.299 e. The molecular formula is C44H50N4O6. The molecule has 3 aromatic carbocycles. The van der Waals surface area contributed by atoms with Crippen LogP contribution in [0.5, 0.6) is 0 Å². The molecule has 10 heteroatoms. The highest BCUT2D eigenvalue weighted by atomic mass is 16.2. The topological polar surface area (TPSA) is 133 Å². The molecule has 0 heterocycles. The van der Waals surface area contributed by atoms with Crippen molar-refractivity contribution in [3.05, 3.63) is 107 Å². The van der Waals surface area contributed by atoms with Crippen molar-refractivity contribution in [1.82, 2.24) is 10.6 Å². The summed E-state index contributed by atoms with van der Waals surface area (Å²) in [5.74, 6) is -4.21. The second kappa shape index (κ2) is 19.4. The number of anilines is 2. The standard InChI is InChI=1S/C44H50N4O6/c1-31-13-17-33(18-14-31)21-27-39(49)43(53)47(29-41(51)45-35-9-5-3-6-10-35)37-23-25-38(26-24-37)48(30-42(52)46-36-11-7-4-8-12-36)44(54)40(50)28-22-34-19-15-32(2)16-20-34/h13-28,35-36H,3-12,29-30H2,1-2H3,(H,45,51)(H,46,52)/b27-21+,28-22+. The van der Waals surface area contributed by atoms with Gasteiger partial charge in [0.2, 0.25) is 23.4 Å². The Balaban J connectivity index is 1.39. The van der Waals surface area contributed by atoms with E-state index in [1.807, 2.05) is 62.4 Å². The number of nitrogens with zero attached hydrogens (tertiary/aromatic N) is 2. The minimum Gasteiger partial charge on any atom is -0.352 e. The summed E-state index contributed by atoms with van der Waals surface area (Å²) in [6, 6.07) is 21.0. The Labute approximate surface area is 317 Å². The molecule has 282 valence electrons. The van der Waals surface area contributed by atoms with Crippen molar-refractivity contribution in [2.24, 2.45) is 0 Å². The summed E-state index contributed by atoms with van der Waals surface area (Å²) in [6.07, 6.45) is 15.1. The van der Waals surface area contributed by atoms with Crippen LogP contribution in [0.4, 0.5) is 11.4 Å². The van der Waals surface area contributed by atoms with Crippen LogP contribution in [0, 0.1) is 13.8 Å². The van der Waals surface area contributed by atoms with E-state index in [2.05, 4.69) is 10.6 Å². The summed E-state index contributed by atoms with van der Waals surface area (Å²) in [7, 11) is 0. The molecule has 2 aliphatic rings. The lowest BCUT2D eigenvalue weighted by atomic mass is 9.95. The van der Waals surface area contributed by atoms with Gasteiger partial charge in [-0.1, -0.05) is 110 Å². The SMILES string of the molecule is Cc1ccc(/C=C/C(=O)C(=O)N(CC(=O)NC2CCCCC2)c2ccc(N(CC(=O)NC3CCCCC3)C(=O)C(=O)/C=C/c3ccc(C)cc3)cc2)cc1. The average molecular weight is 731 g/mol. The number of carbonyl (C=O) groups excluding carboxylic acids is 6. The Kier molecular flexibility index (Phi) is 14.2. The molecule has 2 saturated carbocycles. The number of nitrogens with one attached hydrogen (secondary N) is 2. The number of amides is 4. The third kappa shape index (κ3) is 11.7. The Hall–Kier alpha value is -5.64. The predicted molar refractivity (Wildman–Crippen MR) is 212 cm³/mol. The second-order valence-electron chi connectivity index (χ2n) is 14.3. The number of hydrogen-bond donors (Lipinski definition) is 2. The van der Waals surface area contributed by atoms with Crippen molar-refractivity contribution >= 4 is 58.7 Å². The van der Waals surface area contributed by atoms with Gasteiger partial charge in [0.15, 0.2) is 0 Å². The number of carbonyl (C=O) groups is 6. The number of aryl methyl sites for hydroxylation is 2. The zero-order valence-electron chi connectivity index (χ0n) is 31.2. The largest absolute Gasteiger partial charge is 0.352 e. The molecule has 10 nitrogen and oxygen atoms in total. The van der Waals surface area contributed by atoms with Gasteiger partial charge in [-0.25, -0.2) is 0 Å². The van der Waals surface area contributed by atoms with Gasteiger partial charge in [-0.3, -0.25) is 38.6 Å². The van der Waals surface area contributed by atoms with Gasteiger partial charge in [0.25, 0.3) is 11.8 Å². The summed E-state index contributed by atoms with van der Waals surface area (Å²) >= 11 is 0. The molecule has 3 aromatic rings. The molecule has 5 rings (SSSR count). The van der Waals surface area contributed by atoms with E-state index in [9.17, 15) is 28.8 Å². The van der Waals surface area contributed by atoms with Crippen LogP contribution in [0.3, 0.4) is 0 Å². The molecule has 2 fully saturated rings. The summed E-state index contributed by atoms with van der Waals surface area (Å²) in [5.41, 5.74) is 4.08. The van der Waals surface area contributed by atoms with Crippen LogP contribution in [0.25, 0.3) is 12.2 Å². The monoisotopic (exact) mass is 730 g/mol. The third-order valence-electron chi connectivity index (χ3n) is 9.94. The van der Waals surface area contributed by atoms with Crippen molar-refractivity contribution in [2.45, 2.75) is 90.1 Å². The fourth-order valence-electron chi connectivity index (χ4n) is 6.81. The van der Waals surface area contributed by atoms with Gasteiger partial charge in [-0.05, 0) is 87.1 Å². The van der Waals surface area contributed by atoms with E-state index < -0.39 is 48.3 Å². The lowest BCUT2D eigenvalue weighted by Gasteiger charge is -2.27. The first-order valence-electron chi connectivity index (χ1n) is 19.0. The molecule has 2 aliphatic carbocycles. The Morgan fingerprint density at radius 1 is 0.519 bits per heavy atom. The lowest BCUT2D eigenvalue weighted by molar-refractivity contribution is -0.134. The number of hydrogen-bond acceptors (Lipinski definition) is 6. The van der Waals surface area contributed by atoms with Gasteiger partial charge in [0.1, 0.15) is 13.1 Å². The molecule has 0 aromatic heterocycles. The van der Waals surface area contributed by atoms with Crippen LogP contribution in [0.15, 0.2) is 84.9 Å². The minimum atomic E-state index is -0.902. The highest BCUT2D eigenvalue weighted by Gasteiger charge is 2.28. The lowest BCUT2D eigenvalue weighted by Crippen LogP contribution is -2.47. The molecule has 0 bridgehead atoms. The first kappa shape index (κ1) is 39.6. The van der Waals surface area contributed by atoms with E-state index in [1.165, 1.54) is 36.4 Å². The van der Waals surface area contributed by atoms with E-state index in [-0.39, 0.29) is 23.5 Å². The van der Waals surface area contributed by atoms with Gasteiger partial charge in [0.05, 0.1) is 0 Å². The predicted octanol–water partition coefficient (Wildman–Crippen LogP) is 6.43. The zero-order chi connectivity index (χ0) is 38.5. The fraction of sp³-hybridized carbons (Fsp3) is 0.364. The third-order valence-corrected chi connectivity index (χ3v) is 9.94. The van der Waals surface area contributed by atoms with Gasteiger partial charge < -0.3 is 10.6 Å². The molecule has 0 atom stereocenters. The number of rotatable bonds is 14. The van der Waals surface area contributed by atoms with Crippen molar-refractivity contribution in [1.29, 1.82) is 0 Å². The Morgan fingerprint density at radius 2 is 0.852 bits per heavy atom. The molecule has 0 radical (unpaired) electrons. The molecule has 0 aliphatic heterocycles. The highest BCUT2D eigenvalue weighted by Crippen LogP contribution is 2.24. The van der Waals surface area contributed by atoms with Crippen LogP contribution < -0.4 is 20.4 Å². The van der Waals surface area contributed by atoms with Crippen LogP contribution in [0.1, 0.15) is 86.5 Å². The molecule has 54 heavy (non-hydrogen) atoms. The van der Waals surface area contributed by atoms with E-state index in [0.29, 0.717) is 0 Å². The highest BCUT2D eigenvalue weighted by molar-refractivity contribution is 6.47. The van der Waals surface area contributed by atoms with E-state index in [1.54, 1.807) is 12.2 Å². The van der Waals surface area contributed by atoms with Crippen LogP contribution in [-0.4, -0.2) is 60.4 Å². The first-order chi connectivity index (χ1) is 26.0. The number of benzene rings is 3. The Morgan fingerprint density at radius 3 is 1.19 bits per heavy atom. The molecular weight excluding hydrogens is 681 g/mol. The Bertz CT molecular complexity index is 1720. The second-order valence-corrected chi connectivity index (χ2v) is 14.3. The summed E-state index contributed by atoms with van der Waals surface area (Å²) in [5, 5.41) is 6.02. The average Bonchev–Trinajstić information content (AvgIpc) is 3.18. The minimum absolute atomic E-state index is 0.000339. The van der Waals surface area contributed by atoms with Crippen LogP contribution >= 0.6 is 0 Å². The zero-order valence-corrected chi connectivity index (χ0v) is 31.2. The van der Waals surface area contributed by atoms with Gasteiger partial charge in [0, 0.05) is 23.5 Å². The molecule has 2 N–H and O–H groups in total. The van der Waals surface area contributed by atoms with Gasteiger partial charge in [-0.15, -0.1) is 0 Å². The van der Waals surface area contributed by atoms with Crippen LogP contribution in [-0.2, 0) is 28.8 Å². The smallest absolute Gasteiger partial charge is 0.299 e. The molecule has 0 spiro atoms. The van der Waals surface area contributed by atoms with E-state index in [0.717, 1.165) is 96.3 Å². The molecule has 0 unspecified atom stereocenters. The summed E-state index contributed by atoms with van der Waals surface area (Å²) < 4.78 is 0. The summed E-state index contributed by atoms with van der Waals surface area (Å²) in [4.78, 5) is 82.6. The van der Waals surface area contributed by atoms with Crippen LogP contribution in [0.2, 0.25) is 0 Å². The fourth-order valence-corrected chi connectivity index (χ4v) is 6.81. The van der Waals surface area contributed by atoms with Crippen molar-refractivity contribution < 1.29 is 28.8 Å². The molecule has 0 saturated heterocycles. The van der Waals surface area contributed by atoms with E-state index >= 15 is 0 Å². The van der Waals surface area contributed by atoms with Crippen molar-refractivity contribution in [2.75, 3.05) is 22.9 Å². The normalized spacial score (nSPS) is 15.1. The first-order valence-corrected chi connectivity index (χ1v) is 19.0. The van der Waals surface area contributed by atoms with Crippen molar-refractivity contribution in [3.8, 4) is 0 Å².